The van der Waals surface area contributed by atoms with Crippen molar-refractivity contribution in [1.82, 2.24) is 0 Å². The fourth-order valence-corrected chi connectivity index (χ4v) is 8.89. The number of hydrogen-bond acceptors (Lipinski definition) is 4. The van der Waals surface area contributed by atoms with Gasteiger partial charge in [-0.2, -0.15) is 0 Å². The predicted octanol–water partition coefficient (Wildman–Crippen LogP) is 9.44. The van der Waals surface area contributed by atoms with E-state index in [1.54, 1.807) is 0 Å². The van der Waals surface area contributed by atoms with Crippen LogP contribution in [0.15, 0.2) is 24.3 Å². The lowest BCUT2D eigenvalue weighted by Crippen LogP contribution is -2.48. The van der Waals surface area contributed by atoms with Crippen LogP contribution in [0, 0.1) is 17.8 Å². The highest BCUT2D eigenvalue weighted by molar-refractivity contribution is 6.74. The summed E-state index contributed by atoms with van der Waals surface area (Å²) in [6, 6.07) is 0. The second-order valence-electron chi connectivity index (χ2n) is 15.5. The summed E-state index contributed by atoms with van der Waals surface area (Å²) in [5.74, 6) is 0.772. The van der Waals surface area contributed by atoms with Gasteiger partial charge in [-0.25, -0.2) is 0 Å². The van der Waals surface area contributed by atoms with Gasteiger partial charge in [0, 0.05) is 18.8 Å². The third kappa shape index (κ3) is 7.95. The van der Waals surface area contributed by atoms with Crippen LogP contribution in [0.3, 0.4) is 0 Å². The van der Waals surface area contributed by atoms with E-state index in [0.29, 0.717) is 11.8 Å². The molecule has 2 aliphatic carbocycles. The zero-order chi connectivity index (χ0) is 29.3. The average molecular weight is 565 g/mol. The molecule has 0 amide bonds. The Kier molecular flexibility index (Phi) is 10.6. The van der Waals surface area contributed by atoms with Gasteiger partial charge in [0.05, 0.1) is 11.7 Å². The molecule has 4 nitrogen and oxygen atoms in total. The Morgan fingerprint density at radius 1 is 1.00 bits per heavy atom. The molecule has 0 aromatic carbocycles. The van der Waals surface area contributed by atoms with Crippen LogP contribution in [0.25, 0.3) is 0 Å². The number of esters is 1. The first-order chi connectivity index (χ1) is 17.1. The Morgan fingerprint density at radius 3 is 2.08 bits per heavy atom. The highest BCUT2D eigenvalue weighted by Crippen LogP contribution is 2.54. The summed E-state index contributed by atoms with van der Waals surface area (Å²) in [7, 11) is -3.87. The van der Waals surface area contributed by atoms with Crippen molar-refractivity contribution in [2.45, 2.75) is 155 Å². The van der Waals surface area contributed by atoms with Crippen LogP contribution < -0.4 is 0 Å². The maximum absolute atomic E-state index is 11.9. The molecule has 0 saturated heterocycles. The Bertz CT molecular complexity index is 864. The van der Waals surface area contributed by atoms with Crippen LogP contribution in [-0.4, -0.2) is 40.4 Å². The van der Waals surface area contributed by atoms with Crippen molar-refractivity contribution in [2.75, 3.05) is 0 Å². The highest BCUT2D eigenvalue weighted by atomic mass is 28.4. The second-order valence-corrected chi connectivity index (χ2v) is 25.0. The molecule has 2 rings (SSSR count). The van der Waals surface area contributed by atoms with Crippen molar-refractivity contribution < 1.29 is 18.4 Å². The summed E-state index contributed by atoms with van der Waals surface area (Å²) in [6.45, 7) is 33.7. The zero-order valence-electron chi connectivity index (χ0n) is 27.1. The summed E-state index contributed by atoms with van der Waals surface area (Å²) in [5, 5.41) is 0.328. The largest absolute Gasteiger partial charge is 0.458 e. The maximum Gasteiger partial charge on any atom is 0.303 e. The summed E-state index contributed by atoms with van der Waals surface area (Å²) in [6.07, 6.45) is 11.0. The van der Waals surface area contributed by atoms with Crippen LogP contribution in [-0.2, 0) is 18.4 Å². The predicted molar refractivity (Wildman–Crippen MR) is 166 cm³/mol. The van der Waals surface area contributed by atoms with Gasteiger partial charge in [-0.05, 0) is 80.4 Å². The van der Waals surface area contributed by atoms with E-state index in [9.17, 15) is 4.79 Å². The van der Waals surface area contributed by atoms with Gasteiger partial charge in [0.25, 0.3) is 0 Å². The lowest BCUT2D eigenvalue weighted by Gasteiger charge is -2.44. The van der Waals surface area contributed by atoms with Crippen molar-refractivity contribution in [3.05, 3.63) is 24.3 Å². The molecule has 0 aliphatic heterocycles. The number of fused-ring (bicyclic) bond motifs is 1. The van der Waals surface area contributed by atoms with Crippen molar-refractivity contribution in [1.29, 1.82) is 0 Å². The summed E-state index contributed by atoms with van der Waals surface area (Å²) >= 11 is 0. The molecule has 220 valence electrons. The van der Waals surface area contributed by atoms with Crippen LogP contribution in [0.1, 0.15) is 101 Å². The fraction of sp³-hybridized carbons (Fsp3) is 0.844. The maximum atomic E-state index is 11.9. The SMILES string of the molecule is C=C1C[C@@H]2[C@H](C=CCC(C)(CCCC)O[Si](C)(C)C(C)(C)C)[C@H](O[Si](C)(C)C(C)(C)C)C[C@@H]2C1OC(C)=O. The molecule has 2 unspecified atom stereocenters. The minimum atomic E-state index is -1.96. The number of hydrogen-bond donors (Lipinski definition) is 0. The van der Waals surface area contributed by atoms with Crippen LogP contribution in [0.4, 0.5) is 0 Å². The van der Waals surface area contributed by atoms with Gasteiger partial charge in [0.2, 0.25) is 0 Å². The third-order valence-corrected chi connectivity index (χ3v) is 19.2. The van der Waals surface area contributed by atoms with Gasteiger partial charge in [-0.15, -0.1) is 0 Å². The van der Waals surface area contributed by atoms with E-state index in [1.165, 1.54) is 19.8 Å². The first kappa shape index (κ1) is 33.5. The van der Waals surface area contributed by atoms with E-state index in [2.05, 4.69) is 100 Å². The number of ether oxygens (including phenoxy) is 1. The molecule has 0 heterocycles. The average Bonchev–Trinajstić information content (AvgIpc) is 3.19. The van der Waals surface area contributed by atoms with Gasteiger partial charge in [0.1, 0.15) is 6.10 Å². The van der Waals surface area contributed by atoms with Gasteiger partial charge in [0.15, 0.2) is 16.6 Å². The number of unbranched alkanes of at least 4 members (excludes halogenated alkanes) is 1. The van der Waals surface area contributed by atoms with Gasteiger partial charge < -0.3 is 13.6 Å². The molecule has 2 aliphatic rings. The zero-order valence-corrected chi connectivity index (χ0v) is 29.1. The minimum absolute atomic E-state index is 0.146. The smallest absolute Gasteiger partial charge is 0.303 e. The summed E-state index contributed by atoms with van der Waals surface area (Å²) < 4.78 is 19.9. The van der Waals surface area contributed by atoms with E-state index in [4.69, 9.17) is 13.6 Å². The van der Waals surface area contributed by atoms with Crippen molar-refractivity contribution in [2.24, 2.45) is 17.8 Å². The standard InChI is InChI=1S/C32H60O4Si2/c1-15-16-19-32(10,36-38(13,14)31(7,8)9)20-17-18-25-26-21-23(2)29(34-24(3)33)27(26)22-28(25)35-37(11,12)30(4,5)6/h17-18,25-29H,2,15-16,19-22H2,1,3-14H3/t25-,26+,27-,28+,29?,32?/m0/s1. The van der Waals surface area contributed by atoms with E-state index in [1.807, 2.05) is 0 Å². The monoisotopic (exact) mass is 564 g/mol. The molecule has 0 N–H and O–H groups in total. The molecule has 2 fully saturated rings. The fourth-order valence-electron chi connectivity index (χ4n) is 5.81. The topological polar surface area (TPSA) is 44.8 Å². The second kappa shape index (κ2) is 12.0. The molecule has 38 heavy (non-hydrogen) atoms. The molecule has 0 radical (unpaired) electrons. The van der Waals surface area contributed by atoms with E-state index in [0.717, 1.165) is 31.3 Å². The lowest BCUT2D eigenvalue weighted by atomic mass is 9.89. The van der Waals surface area contributed by atoms with Gasteiger partial charge >= 0.3 is 5.97 Å². The highest BCUT2D eigenvalue weighted by Gasteiger charge is 2.54. The van der Waals surface area contributed by atoms with Crippen molar-refractivity contribution in [3.63, 3.8) is 0 Å². The number of carbonyl (C=O) groups excluding carboxylic acids is 1. The third-order valence-electron chi connectivity index (χ3n) is 10.1. The normalized spacial score (nSPS) is 28.6. The molecule has 0 bridgehead atoms. The Morgan fingerprint density at radius 2 is 1.58 bits per heavy atom. The summed E-state index contributed by atoms with van der Waals surface area (Å²) in [4.78, 5) is 11.9. The van der Waals surface area contributed by atoms with Gasteiger partial charge in [-0.3, -0.25) is 4.79 Å². The Hall–Kier alpha value is -0.696. The van der Waals surface area contributed by atoms with Crippen molar-refractivity contribution >= 4 is 22.6 Å². The first-order valence-electron chi connectivity index (χ1n) is 15.0. The molecular weight excluding hydrogens is 505 g/mol. The molecule has 2 saturated carbocycles. The molecule has 6 atom stereocenters. The van der Waals surface area contributed by atoms with E-state index in [-0.39, 0.29) is 39.8 Å². The van der Waals surface area contributed by atoms with Crippen LogP contribution in [0.2, 0.25) is 36.3 Å². The molecule has 0 spiro atoms. The first-order valence-corrected chi connectivity index (χ1v) is 20.9. The number of carbonyl (C=O) groups is 1. The number of rotatable bonds is 11. The van der Waals surface area contributed by atoms with E-state index < -0.39 is 16.6 Å². The molecule has 6 heteroatoms. The Balaban J connectivity index is 2.34. The molecule has 0 aromatic heterocycles. The lowest BCUT2D eigenvalue weighted by molar-refractivity contribution is -0.146. The summed E-state index contributed by atoms with van der Waals surface area (Å²) in [5.41, 5.74) is 0.900. The van der Waals surface area contributed by atoms with Crippen molar-refractivity contribution in [3.8, 4) is 0 Å². The van der Waals surface area contributed by atoms with Crippen LogP contribution in [0.5, 0.6) is 0 Å². The van der Waals surface area contributed by atoms with Gasteiger partial charge in [-0.1, -0.05) is 80.0 Å². The van der Waals surface area contributed by atoms with Crippen LogP contribution >= 0.6 is 0 Å². The Labute approximate surface area is 237 Å². The quantitative estimate of drug-likeness (QED) is 0.142. The molecule has 0 aromatic rings. The molecular formula is C32H60O4Si2. The minimum Gasteiger partial charge on any atom is -0.458 e. The van der Waals surface area contributed by atoms with E-state index >= 15 is 0 Å².